The second kappa shape index (κ2) is 9.82. The lowest BCUT2D eigenvalue weighted by Crippen LogP contribution is -1.98. The molecule has 0 amide bonds. The molecule has 2 aromatic heterocycles. The van der Waals surface area contributed by atoms with Crippen LogP contribution in [-0.4, -0.2) is 21.4 Å². The number of hydrogen-bond donors (Lipinski definition) is 2. The first-order valence-electron chi connectivity index (χ1n) is 10.6. The molecule has 3 aromatic carbocycles. The molecule has 35 heavy (non-hydrogen) atoms. The lowest BCUT2D eigenvalue weighted by molar-refractivity contribution is 0.306. The van der Waals surface area contributed by atoms with E-state index < -0.39 is 0 Å². The third kappa shape index (κ3) is 5.07. The quantitative estimate of drug-likeness (QED) is 0.148. The summed E-state index contributed by atoms with van der Waals surface area (Å²) in [7, 11) is 0. The van der Waals surface area contributed by atoms with E-state index in [1.165, 1.54) is 24.7 Å². The summed E-state index contributed by atoms with van der Waals surface area (Å²) < 4.78 is 24.8. The first-order chi connectivity index (χ1) is 17.1. The number of nitrogens with zero attached hydrogens (tertiary/aromatic N) is 3. The van der Waals surface area contributed by atoms with Crippen LogP contribution in [0.5, 0.6) is 5.75 Å². The van der Waals surface area contributed by atoms with Crippen LogP contribution in [0.15, 0.2) is 88.7 Å². The first-order valence-corrected chi connectivity index (χ1v) is 10.9. The van der Waals surface area contributed by atoms with Crippen molar-refractivity contribution in [3.05, 3.63) is 101 Å². The van der Waals surface area contributed by atoms with Gasteiger partial charge in [-0.05, 0) is 66.2 Å². The summed E-state index contributed by atoms with van der Waals surface area (Å²) in [4.78, 5) is 8.73. The van der Waals surface area contributed by atoms with Crippen molar-refractivity contribution in [3.63, 3.8) is 0 Å². The van der Waals surface area contributed by atoms with Crippen molar-refractivity contribution in [3.8, 4) is 17.1 Å². The van der Waals surface area contributed by atoms with E-state index in [-0.39, 0.29) is 12.4 Å². The summed E-state index contributed by atoms with van der Waals surface area (Å²) in [5.41, 5.74) is 2.97. The van der Waals surface area contributed by atoms with Crippen LogP contribution in [0, 0.1) is 5.82 Å². The van der Waals surface area contributed by atoms with Gasteiger partial charge >= 0.3 is 0 Å². The van der Waals surface area contributed by atoms with E-state index >= 15 is 0 Å². The molecule has 2 heterocycles. The van der Waals surface area contributed by atoms with Crippen molar-refractivity contribution in [1.82, 2.24) is 9.97 Å². The van der Waals surface area contributed by atoms with Crippen LogP contribution >= 0.6 is 11.6 Å². The van der Waals surface area contributed by atoms with Gasteiger partial charge in [-0.3, -0.25) is 0 Å². The molecule has 9 heteroatoms. The van der Waals surface area contributed by atoms with Gasteiger partial charge in [-0.1, -0.05) is 28.9 Å². The Morgan fingerprint density at radius 1 is 1.06 bits per heavy atom. The van der Waals surface area contributed by atoms with Gasteiger partial charge in [0.25, 0.3) is 0 Å². The van der Waals surface area contributed by atoms with Gasteiger partial charge in [0.1, 0.15) is 48.1 Å². The SMILES string of the molecule is ON=Cc1ccc(-c2ccc3ncnc(Nc4ccc(OCc5cccc(F)c5)c(Cl)c4)c3c2)o1. The molecule has 7 nitrogen and oxygen atoms in total. The molecule has 5 rings (SSSR count). The van der Waals surface area contributed by atoms with E-state index in [0.29, 0.717) is 39.4 Å². The predicted molar refractivity (Wildman–Crippen MR) is 132 cm³/mol. The van der Waals surface area contributed by atoms with Gasteiger partial charge in [-0.15, -0.1) is 0 Å². The van der Waals surface area contributed by atoms with Crippen molar-refractivity contribution in [2.45, 2.75) is 6.61 Å². The fourth-order valence-electron chi connectivity index (χ4n) is 3.56. The van der Waals surface area contributed by atoms with Crippen molar-refractivity contribution >= 4 is 40.2 Å². The Hall–Kier alpha value is -4.43. The second-order valence-corrected chi connectivity index (χ2v) is 8.00. The highest BCUT2D eigenvalue weighted by molar-refractivity contribution is 6.32. The summed E-state index contributed by atoms with van der Waals surface area (Å²) in [6.45, 7) is 0.197. The van der Waals surface area contributed by atoms with E-state index in [4.69, 9.17) is 26.0 Å². The first kappa shape index (κ1) is 22.4. The van der Waals surface area contributed by atoms with Crippen LogP contribution in [-0.2, 0) is 6.61 Å². The number of benzene rings is 3. The van der Waals surface area contributed by atoms with Gasteiger partial charge in [0.2, 0.25) is 0 Å². The Bertz CT molecular complexity index is 1540. The van der Waals surface area contributed by atoms with Gasteiger partial charge < -0.3 is 19.7 Å². The molecule has 0 bridgehead atoms. The molecule has 0 unspecified atom stereocenters. The normalized spacial score (nSPS) is 11.3. The van der Waals surface area contributed by atoms with E-state index in [9.17, 15) is 4.39 Å². The van der Waals surface area contributed by atoms with Gasteiger partial charge in [-0.25, -0.2) is 14.4 Å². The molecule has 0 radical (unpaired) electrons. The zero-order valence-electron chi connectivity index (χ0n) is 18.2. The number of rotatable bonds is 7. The van der Waals surface area contributed by atoms with Crippen LogP contribution in [0.3, 0.4) is 0 Å². The third-order valence-electron chi connectivity index (χ3n) is 5.21. The Balaban J connectivity index is 1.38. The summed E-state index contributed by atoms with van der Waals surface area (Å²) in [6.07, 6.45) is 2.70. The van der Waals surface area contributed by atoms with Crippen molar-refractivity contribution in [1.29, 1.82) is 0 Å². The summed E-state index contributed by atoms with van der Waals surface area (Å²) in [5, 5.41) is 16.1. The van der Waals surface area contributed by atoms with Gasteiger partial charge in [0, 0.05) is 16.6 Å². The Morgan fingerprint density at radius 3 is 2.80 bits per heavy atom. The molecule has 0 fully saturated rings. The molecule has 2 N–H and O–H groups in total. The van der Waals surface area contributed by atoms with Crippen molar-refractivity contribution < 1.29 is 18.8 Å². The number of ether oxygens (including phenoxy) is 1. The van der Waals surface area contributed by atoms with Gasteiger partial charge in [-0.2, -0.15) is 0 Å². The molecule has 0 aliphatic carbocycles. The Kier molecular flexibility index (Phi) is 6.28. The number of oxime groups is 1. The van der Waals surface area contributed by atoms with Crippen LogP contribution in [0.2, 0.25) is 5.02 Å². The minimum atomic E-state index is -0.316. The van der Waals surface area contributed by atoms with Crippen LogP contribution < -0.4 is 10.1 Å². The van der Waals surface area contributed by atoms with E-state index in [1.807, 2.05) is 24.3 Å². The fraction of sp³-hybridized carbons (Fsp3) is 0.0385. The molecule has 174 valence electrons. The predicted octanol–water partition coefficient (Wildman–Crippen LogP) is 6.81. The summed E-state index contributed by atoms with van der Waals surface area (Å²) in [5.74, 6) is 1.80. The van der Waals surface area contributed by atoms with Gasteiger partial charge in [0.05, 0.1) is 10.5 Å². The molecule has 0 aliphatic rings. The molecule has 0 saturated carbocycles. The average molecular weight is 489 g/mol. The topological polar surface area (TPSA) is 92.8 Å². The molecule has 0 atom stereocenters. The smallest absolute Gasteiger partial charge is 0.149 e. The molecular weight excluding hydrogens is 471 g/mol. The highest BCUT2D eigenvalue weighted by Gasteiger charge is 2.11. The number of hydrogen-bond acceptors (Lipinski definition) is 7. The maximum Gasteiger partial charge on any atom is 0.149 e. The highest BCUT2D eigenvalue weighted by Crippen LogP contribution is 2.32. The standard InChI is InChI=1S/C26H18ClFN4O3/c27-22-12-19(5-8-25(22)34-14-16-2-1-3-18(28)10-16)32-26-21-11-17(4-7-23(21)29-15-30-26)24-9-6-20(35-24)13-31-33/h1-13,15,33H,14H2,(H,29,30,32). The lowest BCUT2D eigenvalue weighted by Gasteiger charge is -2.12. The lowest BCUT2D eigenvalue weighted by atomic mass is 10.1. The number of nitrogens with one attached hydrogen (secondary N) is 1. The second-order valence-electron chi connectivity index (χ2n) is 7.59. The van der Waals surface area contributed by atoms with Crippen molar-refractivity contribution in [2.24, 2.45) is 5.16 Å². The van der Waals surface area contributed by atoms with E-state index in [2.05, 4.69) is 20.4 Å². The maximum absolute atomic E-state index is 13.4. The van der Waals surface area contributed by atoms with Crippen LogP contribution in [0.4, 0.5) is 15.9 Å². The zero-order valence-corrected chi connectivity index (χ0v) is 18.9. The average Bonchev–Trinajstić information content (AvgIpc) is 3.32. The zero-order chi connectivity index (χ0) is 24.2. The molecule has 0 spiro atoms. The number of aromatic nitrogens is 2. The Morgan fingerprint density at radius 2 is 1.97 bits per heavy atom. The minimum absolute atomic E-state index is 0.197. The largest absolute Gasteiger partial charge is 0.487 e. The minimum Gasteiger partial charge on any atom is -0.487 e. The summed E-state index contributed by atoms with van der Waals surface area (Å²) in [6, 6.07) is 20.7. The van der Waals surface area contributed by atoms with E-state index in [0.717, 1.165) is 16.5 Å². The van der Waals surface area contributed by atoms with Gasteiger partial charge in [0.15, 0.2) is 0 Å². The number of halogens is 2. The monoisotopic (exact) mass is 488 g/mol. The summed E-state index contributed by atoms with van der Waals surface area (Å²) >= 11 is 6.43. The third-order valence-corrected chi connectivity index (χ3v) is 5.50. The molecule has 5 aromatic rings. The Labute approximate surface area is 204 Å². The van der Waals surface area contributed by atoms with Crippen molar-refractivity contribution in [2.75, 3.05) is 5.32 Å². The molecule has 0 saturated heterocycles. The number of anilines is 2. The highest BCUT2D eigenvalue weighted by atomic mass is 35.5. The van der Waals surface area contributed by atoms with E-state index in [1.54, 1.807) is 36.4 Å². The van der Waals surface area contributed by atoms with Crippen LogP contribution in [0.1, 0.15) is 11.3 Å². The number of fused-ring (bicyclic) bond motifs is 1. The van der Waals surface area contributed by atoms with Crippen LogP contribution in [0.25, 0.3) is 22.2 Å². The maximum atomic E-state index is 13.4. The molecule has 0 aliphatic heterocycles. The molecular formula is C26H18ClFN4O3. The number of furan rings is 1. The fourth-order valence-corrected chi connectivity index (χ4v) is 3.80.